The van der Waals surface area contributed by atoms with Crippen LogP contribution < -0.4 is 11.5 Å². The van der Waals surface area contributed by atoms with Gasteiger partial charge in [0.25, 0.3) is 0 Å². The van der Waals surface area contributed by atoms with E-state index in [0.717, 1.165) is 0 Å². The summed E-state index contributed by atoms with van der Waals surface area (Å²) in [5, 5.41) is 9.39. The van der Waals surface area contributed by atoms with Crippen LogP contribution >= 0.6 is 15.9 Å². The van der Waals surface area contributed by atoms with E-state index < -0.39 is 5.54 Å². The summed E-state index contributed by atoms with van der Waals surface area (Å²) in [5.74, 6) is 0.0282. The molecule has 1 unspecified atom stereocenters. The van der Waals surface area contributed by atoms with E-state index in [2.05, 4.69) is 15.9 Å². The molecule has 66 valence electrons. The van der Waals surface area contributed by atoms with E-state index in [-0.39, 0.29) is 11.5 Å². The van der Waals surface area contributed by atoms with Gasteiger partial charge in [-0.25, -0.2) is 0 Å². The maximum Gasteiger partial charge on any atom is 0.152 e. The van der Waals surface area contributed by atoms with Gasteiger partial charge in [0.2, 0.25) is 0 Å². The summed E-state index contributed by atoms with van der Waals surface area (Å²) in [6.45, 7) is 1.80. The second-order valence-corrected chi connectivity index (χ2v) is 3.85. The zero-order valence-electron chi connectivity index (χ0n) is 6.71. The van der Waals surface area contributed by atoms with E-state index in [4.69, 9.17) is 11.5 Å². The van der Waals surface area contributed by atoms with Crippen LogP contribution in [0.5, 0.6) is 0 Å². The first-order valence-corrected chi connectivity index (χ1v) is 4.27. The Balaban J connectivity index is 3.16. The summed E-state index contributed by atoms with van der Waals surface area (Å²) in [6, 6.07) is 0. The SMILES string of the molecule is CC1(N)C=CC(Br)=C(O)C(N)=C1. The average molecular weight is 231 g/mol. The fraction of sp³-hybridized carbons (Fsp3) is 0.250. The molecule has 0 amide bonds. The van der Waals surface area contributed by atoms with E-state index in [1.807, 2.05) is 0 Å². The highest BCUT2D eigenvalue weighted by atomic mass is 79.9. The Kier molecular flexibility index (Phi) is 2.30. The predicted octanol–water partition coefficient (Wildman–Crippen LogP) is 1.28. The van der Waals surface area contributed by atoms with Crippen molar-refractivity contribution in [3.05, 3.63) is 34.2 Å². The molecule has 0 saturated heterocycles. The first-order chi connectivity index (χ1) is 5.42. The maximum absolute atomic E-state index is 9.39. The molecule has 0 aromatic heterocycles. The zero-order valence-corrected chi connectivity index (χ0v) is 8.30. The minimum Gasteiger partial charge on any atom is -0.505 e. The van der Waals surface area contributed by atoms with Crippen LogP contribution in [0, 0.1) is 0 Å². The van der Waals surface area contributed by atoms with Gasteiger partial charge in [-0.1, -0.05) is 6.08 Å². The molecule has 1 rings (SSSR count). The number of aliphatic hydroxyl groups excluding tert-OH is 1. The molecule has 0 heterocycles. The van der Waals surface area contributed by atoms with Gasteiger partial charge in [-0.05, 0) is 35.0 Å². The summed E-state index contributed by atoms with van der Waals surface area (Å²) < 4.78 is 0.547. The number of allylic oxidation sites excluding steroid dienone is 2. The number of aliphatic hydroxyl groups is 1. The lowest BCUT2D eigenvalue weighted by molar-refractivity contribution is 0.420. The lowest BCUT2D eigenvalue weighted by atomic mass is 10.0. The average Bonchev–Trinajstić information content (AvgIpc) is 2.03. The number of hydrogen-bond donors (Lipinski definition) is 3. The van der Waals surface area contributed by atoms with Crippen molar-refractivity contribution in [3.63, 3.8) is 0 Å². The molecular weight excluding hydrogens is 220 g/mol. The summed E-state index contributed by atoms with van der Waals surface area (Å²) in [6.07, 6.45) is 5.05. The summed E-state index contributed by atoms with van der Waals surface area (Å²) >= 11 is 3.16. The normalized spacial score (nSPS) is 30.1. The number of halogens is 1. The fourth-order valence-electron chi connectivity index (χ4n) is 0.921. The number of hydrogen-bond acceptors (Lipinski definition) is 3. The third-order valence-corrected chi connectivity index (χ3v) is 2.19. The molecule has 5 N–H and O–H groups in total. The molecule has 1 aliphatic carbocycles. The van der Waals surface area contributed by atoms with Crippen LogP contribution in [0.25, 0.3) is 0 Å². The van der Waals surface area contributed by atoms with E-state index >= 15 is 0 Å². The van der Waals surface area contributed by atoms with Crippen LogP contribution in [0.1, 0.15) is 6.92 Å². The minimum absolute atomic E-state index is 0.0282. The Morgan fingerprint density at radius 1 is 1.58 bits per heavy atom. The highest BCUT2D eigenvalue weighted by Gasteiger charge is 2.17. The highest BCUT2D eigenvalue weighted by molar-refractivity contribution is 9.11. The van der Waals surface area contributed by atoms with Crippen molar-refractivity contribution in [2.24, 2.45) is 11.5 Å². The van der Waals surface area contributed by atoms with Gasteiger partial charge < -0.3 is 16.6 Å². The summed E-state index contributed by atoms with van der Waals surface area (Å²) in [7, 11) is 0. The molecular formula is C8H11BrN2O. The van der Waals surface area contributed by atoms with Crippen molar-refractivity contribution in [1.29, 1.82) is 0 Å². The van der Waals surface area contributed by atoms with Crippen molar-refractivity contribution >= 4 is 15.9 Å². The Morgan fingerprint density at radius 3 is 2.75 bits per heavy atom. The monoisotopic (exact) mass is 230 g/mol. The van der Waals surface area contributed by atoms with Crippen LogP contribution in [0.15, 0.2) is 34.2 Å². The molecule has 1 aliphatic rings. The molecule has 12 heavy (non-hydrogen) atoms. The van der Waals surface area contributed by atoms with Gasteiger partial charge in [-0.3, -0.25) is 0 Å². The first-order valence-electron chi connectivity index (χ1n) is 3.48. The van der Waals surface area contributed by atoms with Crippen LogP contribution in [-0.2, 0) is 0 Å². The first kappa shape index (κ1) is 9.35. The maximum atomic E-state index is 9.39. The molecule has 0 aromatic carbocycles. The quantitative estimate of drug-likeness (QED) is 0.588. The number of nitrogens with two attached hydrogens (primary N) is 2. The lowest BCUT2D eigenvalue weighted by Crippen LogP contribution is -2.31. The largest absolute Gasteiger partial charge is 0.505 e. The Hall–Kier alpha value is -0.740. The van der Waals surface area contributed by atoms with Crippen LogP contribution in [0.2, 0.25) is 0 Å². The lowest BCUT2D eigenvalue weighted by Gasteiger charge is -2.13. The molecule has 0 aromatic rings. The van der Waals surface area contributed by atoms with Gasteiger partial charge in [0.05, 0.1) is 15.7 Å². The molecule has 0 aliphatic heterocycles. The molecule has 0 bridgehead atoms. The number of rotatable bonds is 0. The molecule has 0 saturated carbocycles. The van der Waals surface area contributed by atoms with E-state index in [1.165, 1.54) is 0 Å². The van der Waals surface area contributed by atoms with Gasteiger partial charge in [-0.2, -0.15) is 0 Å². The standard InChI is InChI=1S/C8H11BrN2O/c1-8(11)3-2-5(9)7(12)6(10)4-8/h2-4,12H,10-11H2,1H3. The van der Waals surface area contributed by atoms with Gasteiger partial charge in [0.1, 0.15) is 0 Å². The van der Waals surface area contributed by atoms with Crippen LogP contribution in [-0.4, -0.2) is 10.6 Å². The van der Waals surface area contributed by atoms with Gasteiger partial charge in [0, 0.05) is 0 Å². The van der Waals surface area contributed by atoms with Crippen molar-refractivity contribution in [3.8, 4) is 0 Å². The van der Waals surface area contributed by atoms with Gasteiger partial charge in [-0.15, -0.1) is 0 Å². The van der Waals surface area contributed by atoms with Crippen molar-refractivity contribution < 1.29 is 5.11 Å². The van der Waals surface area contributed by atoms with Gasteiger partial charge >= 0.3 is 0 Å². The summed E-state index contributed by atoms with van der Waals surface area (Å²) in [5.41, 5.74) is 11.0. The Morgan fingerprint density at radius 2 is 2.17 bits per heavy atom. The second-order valence-electron chi connectivity index (χ2n) is 3.00. The van der Waals surface area contributed by atoms with Crippen LogP contribution in [0.4, 0.5) is 0 Å². The fourth-order valence-corrected chi connectivity index (χ4v) is 1.28. The van der Waals surface area contributed by atoms with Gasteiger partial charge in [0.15, 0.2) is 5.76 Å². The summed E-state index contributed by atoms with van der Waals surface area (Å²) in [4.78, 5) is 0. The Labute approximate surface area is 79.6 Å². The smallest absolute Gasteiger partial charge is 0.152 e. The third-order valence-electron chi connectivity index (χ3n) is 1.55. The van der Waals surface area contributed by atoms with E-state index in [1.54, 1.807) is 25.2 Å². The molecule has 0 fully saturated rings. The molecule has 0 radical (unpaired) electrons. The van der Waals surface area contributed by atoms with Crippen LogP contribution in [0.3, 0.4) is 0 Å². The highest BCUT2D eigenvalue weighted by Crippen LogP contribution is 2.22. The topological polar surface area (TPSA) is 72.3 Å². The minimum atomic E-state index is -0.604. The molecule has 3 nitrogen and oxygen atoms in total. The second kappa shape index (κ2) is 2.95. The zero-order chi connectivity index (χ0) is 9.35. The van der Waals surface area contributed by atoms with Crippen molar-refractivity contribution in [1.82, 2.24) is 0 Å². The molecule has 0 spiro atoms. The third kappa shape index (κ3) is 1.89. The van der Waals surface area contributed by atoms with E-state index in [9.17, 15) is 5.11 Å². The molecule has 1 atom stereocenters. The molecule has 4 heteroatoms. The Bertz CT molecular complexity index is 289. The predicted molar refractivity (Wildman–Crippen MR) is 52.6 cm³/mol. The van der Waals surface area contributed by atoms with E-state index in [0.29, 0.717) is 4.48 Å². The van der Waals surface area contributed by atoms with Crippen molar-refractivity contribution in [2.45, 2.75) is 12.5 Å². The van der Waals surface area contributed by atoms with Crippen molar-refractivity contribution in [2.75, 3.05) is 0 Å².